The Balaban J connectivity index is 2.36. The van der Waals surface area contributed by atoms with Crippen LogP contribution in [0.5, 0.6) is 0 Å². The number of amides is 1. The van der Waals surface area contributed by atoms with Gasteiger partial charge in [0.05, 0.1) is 12.0 Å². The number of carbonyl (C=O) groups excluding carboxylic acids is 1. The van der Waals surface area contributed by atoms with Crippen molar-refractivity contribution in [2.45, 2.75) is 6.92 Å². The Labute approximate surface area is 121 Å². The van der Waals surface area contributed by atoms with E-state index in [-0.39, 0.29) is 5.91 Å². The molecule has 5 heteroatoms. The van der Waals surface area contributed by atoms with Crippen LogP contribution in [0.3, 0.4) is 0 Å². The molecule has 0 fully saturated rings. The number of hydrogen-bond donors (Lipinski definition) is 0. The predicted molar refractivity (Wildman–Crippen MR) is 78.6 cm³/mol. The number of halogens is 1. The van der Waals surface area contributed by atoms with Gasteiger partial charge in [0.15, 0.2) is 0 Å². The largest absolute Gasteiger partial charge is 0.287 e. The summed E-state index contributed by atoms with van der Waals surface area (Å²) in [7, 11) is 3.07. The highest BCUT2D eigenvalue weighted by Gasteiger charge is 2.17. The maximum atomic E-state index is 12.0. The zero-order valence-electron chi connectivity index (χ0n) is 10.9. The first kappa shape index (κ1) is 14.1. The van der Waals surface area contributed by atoms with Gasteiger partial charge in [-0.25, -0.2) is 5.06 Å². The standard InChI is InChI=1S/C14H14ClNO2S/c1-9-8-12(14(17)16(2)18-3)19-13(9)10-4-6-11(15)7-5-10/h4-8H,1-3H3. The zero-order valence-corrected chi connectivity index (χ0v) is 12.5. The van der Waals surface area contributed by atoms with Crippen LogP contribution in [-0.4, -0.2) is 25.1 Å². The molecule has 19 heavy (non-hydrogen) atoms. The molecule has 0 saturated heterocycles. The molecule has 0 atom stereocenters. The fourth-order valence-electron chi connectivity index (χ4n) is 1.71. The molecule has 0 aliphatic rings. The lowest BCUT2D eigenvalue weighted by atomic mass is 10.1. The minimum atomic E-state index is -0.143. The van der Waals surface area contributed by atoms with E-state index in [4.69, 9.17) is 16.4 Å². The average molecular weight is 296 g/mol. The number of thiophene rings is 1. The van der Waals surface area contributed by atoms with Crippen LogP contribution in [0.15, 0.2) is 30.3 Å². The van der Waals surface area contributed by atoms with Gasteiger partial charge in [0, 0.05) is 16.9 Å². The van der Waals surface area contributed by atoms with Crippen LogP contribution in [0, 0.1) is 6.92 Å². The summed E-state index contributed by atoms with van der Waals surface area (Å²) in [5.41, 5.74) is 2.13. The first-order valence-electron chi connectivity index (χ1n) is 5.71. The fraction of sp³-hybridized carbons (Fsp3) is 0.214. The van der Waals surface area contributed by atoms with E-state index >= 15 is 0 Å². The SMILES string of the molecule is CON(C)C(=O)c1cc(C)c(-c2ccc(Cl)cc2)s1. The smallest absolute Gasteiger partial charge is 0.274 e. The second-order valence-corrected chi connectivity index (χ2v) is 5.60. The molecule has 0 spiro atoms. The summed E-state index contributed by atoms with van der Waals surface area (Å²) < 4.78 is 0. The van der Waals surface area contributed by atoms with E-state index in [0.717, 1.165) is 16.0 Å². The second-order valence-electron chi connectivity index (χ2n) is 4.11. The molecule has 0 saturated carbocycles. The van der Waals surface area contributed by atoms with Gasteiger partial charge in [-0.3, -0.25) is 9.63 Å². The topological polar surface area (TPSA) is 29.5 Å². The molecule has 2 aromatic rings. The van der Waals surface area contributed by atoms with Crippen molar-refractivity contribution in [3.8, 4) is 10.4 Å². The summed E-state index contributed by atoms with van der Waals surface area (Å²) in [6.07, 6.45) is 0. The second kappa shape index (κ2) is 5.74. The normalized spacial score (nSPS) is 10.5. The van der Waals surface area contributed by atoms with Crippen molar-refractivity contribution in [2.24, 2.45) is 0 Å². The third kappa shape index (κ3) is 2.97. The summed E-state index contributed by atoms with van der Waals surface area (Å²) >= 11 is 7.34. The van der Waals surface area contributed by atoms with E-state index in [1.54, 1.807) is 7.05 Å². The number of hydrogen-bond acceptors (Lipinski definition) is 3. The van der Waals surface area contributed by atoms with E-state index < -0.39 is 0 Å². The van der Waals surface area contributed by atoms with Crippen molar-refractivity contribution in [3.05, 3.63) is 45.8 Å². The highest BCUT2D eigenvalue weighted by atomic mass is 35.5. The van der Waals surface area contributed by atoms with Crippen molar-refractivity contribution in [3.63, 3.8) is 0 Å². The van der Waals surface area contributed by atoms with Gasteiger partial charge in [-0.15, -0.1) is 11.3 Å². The Morgan fingerprint density at radius 2 is 1.95 bits per heavy atom. The van der Waals surface area contributed by atoms with Crippen LogP contribution in [0.2, 0.25) is 5.02 Å². The molecule has 1 amide bonds. The van der Waals surface area contributed by atoms with Gasteiger partial charge >= 0.3 is 0 Å². The molecule has 1 aromatic carbocycles. The molecule has 0 unspecified atom stereocenters. The lowest BCUT2D eigenvalue weighted by Crippen LogP contribution is -2.24. The summed E-state index contributed by atoms with van der Waals surface area (Å²) in [5, 5.41) is 1.92. The van der Waals surface area contributed by atoms with Gasteiger partial charge < -0.3 is 0 Å². The van der Waals surface area contributed by atoms with Crippen LogP contribution in [0.1, 0.15) is 15.2 Å². The van der Waals surface area contributed by atoms with Crippen molar-refractivity contribution >= 4 is 28.8 Å². The number of benzene rings is 1. The minimum Gasteiger partial charge on any atom is -0.274 e. The summed E-state index contributed by atoms with van der Waals surface area (Å²) in [6.45, 7) is 1.99. The molecular weight excluding hydrogens is 282 g/mol. The fourth-order valence-corrected chi connectivity index (χ4v) is 2.98. The third-order valence-corrected chi connectivity index (χ3v) is 4.32. The van der Waals surface area contributed by atoms with E-state index in [9.17, 15) is 4.79 Å². The van der Waals surface area contributed by atoms with E-state index in [2.05, 4.69) is 0 Å². The lowest BCUT2D eigenvalue weighted by Gasteiger charge is -2.11. The molecule has 1 aromatic heterocycles. The average Bonchev–Trinajstić information content (AvgIpc) is 2.80. The van der Waals surface area contributed by atoms with E-state index in [1.807, 2.05) is 37.3 Å². The quantitative estimate of drug-likeness (QED) is 0.801. The molecule has 0 bridgehead atoms. The van der Waals surface area contributed by atoms with E-state index in [0.29, 0.717) is 9.90 Å². The molecule has 3 nitrogen and oxygen atoms in total. The van der Waals surface area contributed by atoms with E-state index in [1.165, 1.54) is 23.5 Å². The Hall–Kier alpha value is -1.36. The molecule has 0 N–H and O–H groups in total. The first-order valence-corrected chi connectivity index (χ1v) is 6.91. The molecule has 0 radical (unpaired) electrons. The Kier molecular flexibility index (Phi) is 4.24. The molecule has 100 valence electrons. The van der Waals surface area contributed by atoms with Gasteiger partial charge in [-0.2, -0.15) is 0 Å². The van der Waals surface area contributed by atoms with Crippen molar-refractivity contribution in [1.82, 2.24) is 5.06 Å². The Morgan fingerprint density at radius 3 is 2.53 bits per heavy atom. The number of carbonyl (C=O) groups is 1. The molecule has 0 aliphatic heterocycles. The Morgan fingerprint density at radius 1 is 1.32 bits per heavy atom. The van der Waals surface area contributed by atoms with Gasteiger partial charge in [0.1, 0.15) is 0 Å². The molecular formula is C14H14ClNO2S. The van der Waals surface area contributed by atoms with Crippen LogP contribution in [0.4, 0.5) is 0 Å². The summed E-state index contributed by atoms with van der Waals surface area (Å²) in [6, 6.07) is 9.48. The molecule has 2 rings (SSSR count). The molecule has 1 heterocycles. The number of hydroxylamine groups is 2. The minimum absolute atomic E-state index is 0.143. The predicted octanol–water partition coefficient (Wildman–Crippen LogP) is 4.01. The van der Waals surface area contributed by atoms with Gasteiger partial charge in [0.25, 0.3) is 5.91 Å². The van der Waals surface area contributed by atoms with Gasteiger partial charge in [-0.1, -0.05) is 23.7 Å². The number of nitrogens with zero attached hydrogens (tertiary/aromatic N) is 1. The van der Waals surface area contributed by atoms with Gasteiger partial charge in [-0.05, 0) is 36.2 Å². The highest BCUT2D eigenvalue weighted by molar-refractivity contribution is 7.17. The maximum Gasteiger partial charge on any atom is 0.287 e. The van der Waals surface area contributed by atoms with Crippen molar-refractivity contribution < 1.29 is 9.63 Å². The van der Waals surface area contributed by atoms with Crippen LogP contribution < -0.4 is 0 Å². The lowest BCUT2D eigenvalue weighted by molar-refractivity contribution is -0.0753. The molecule has 0 aliphatic carbocycles. The monoisotopic (exact) mass is 295 g/mol. The number of rotatable bonds is 3. The highest BCUT2D eigenvalue weighted by Crippen LogP contribution is 2.33. The summed E-state index contributed by atoms with van der Waals surface area (Å²) in [5.74, 6) is -0.143. The van der Waals surface area contributed by atoms with Crippen LogP contribution in [-0.2, 0) is 4.84 Å². The third-order valence-electron chi connectivity index (χ3n) is 2.79. The zero-order chi connectivity index (χ0) is 14.0. The van der Waals surface area contributed by atoms with Crippen molar-refractivity contribution in [1.29, 1.82) is 0 Å². The first-order chi connectivity index (χ1) is 9.02. The maximum absolute atomic E-state index is 12.0. The number of aryl methyl sites for hydroxylation is 1. The Bertz CT molecular complexity index is 592. The van der Waals surface area contributed by atoms with Crippen molar-refractivity contribution in [2.75, 3.05) is 14.2 Å². The summed E-state index contributed by atoms with van der Waals surface area (Å²) in [4.78, 5) is 18.7. The van der Waals surface area contributed by atoms with Crippen LogP contribution >= 0.6 is 22.9 Å². The van der Waals surface area contributed by atoms with Gasteiger partial charge in [0.2, 0.25) is 0 Å². The van der Waals surface area contributed by atoms with Crippen LogP contribution in [0.25, 0.3) is 10.4 Å².